The molecule has 0 unspecified atom stereocenters. The lowest BCUT2D eigenvalue weighted by molar-refractivity contribution is -0.321. The van der Waals surface area contributed by atoms with Crippen LogP contribution in [0.2, 0.25) is 0 Å². The van der Waals surface area contributed by atoms with Crippen molar-refractivity contribution in [3.8, 4) is 0 Å². The van der Waals surface area contributed by atoms with Gasteiger partial charge in [-0.05, 0) is 12.1 Å². The molecule has 4 rings (SSSR count). The lowest BCUT2D eigenvalue weighted by Crippen LogP contribution is -2.65. The van der Waals surface area contributed by atoms with Gasteiger partial charge in [0.05, 0.1) is 11.5 Å². The SMILES string of the molecule is CC(=O)O[C@@H]1[C@@H](OC(C)=O)[C@H](S(=O)(=O)c2ccccc2)O[C@@H]2CO[C@H](c3ccccc3)O[C@H]12. The molecule has 2 aliphatic rings. The molecule has 2 fully saturated rings. The summed E-state index contributed by atoms with van der Waals surface area (Å²) in [6, 6.07) is 16.7. The first-order chi connectivity index (χ1) is 15.8. The molecule has 0 radical (unpaired) electrons. The number of esters is 2. The minimum atomic E-state index is -4.14. The van der Waals surface area contributed by atoms with Gasteiger partial charge in [-0.2, -0.15) is 0 Å². The first kappa shape index (κ1) is 23.4. The summed E-state index contributed by atoms with van der Waals surface area (Å²) in [6.07, 6.45) is -5.30. The van der Waals surface area contributed by atoms with Crippen LogP contribution in [0.3, 0.4) is 0 Å². The average Bonchev–Trinajstić information content (AvgIpc) is 2.80. The van der Waals surface area contributed by atoms with E-state index >= 15 is 0 Å². The summed E-state index contributed by atoms with van der Waals surface area (Å²) in [5.74, 6) is -1.43. The molecule has 9 nitrogen and oxygen atoms in total. The number of carbonyl (C=O) groups is 2. The highest BCUT2D eigenvalue weighted by Crippen LogP contribution is 2.39. The number of carbonyl (C=O) groups excluding carboxylic acids is 2. The van der Waals surface area contributed by atoms with Crippen molar-refractivity contribution in [2.45, 2.75) is 54.9 Å². The quantitative estimate of drug-likeness (QED) is 0.599. The first-order valence-electron chi connectivity index (χ1n) is 10.4. The monoisotopic (exact) mass is 476 g/mol. The van der Waals surface area contributed by atoms with Crippen molar-refractivity contribution in [3.05, 3.63) is 66.2 Å². The number of hydrogen-bond donors (Lipinski definition) is 0. The van der Waals surface area contributed by atoms with Crippen LogP contribution in [0.15, 0.2) is 65.6 Å². The molecule has 6 atom stereocenters. The van der Waals surface area contributed by atoms with E-state index in [1.54, 1.807) is 18.2 Å². The number of rotatable bonds is 5. The molecule has 2 heterocycles. The molecule has 0 saturated carbocycles. The summed E-state index contributed by atoms with van der Waals surface area (Å²) in [4.78, 5) is 23.9. The second kappa shape index (κ2) is 9.60. The van der Waals surface area contributed by atoms with Crippen LogP contribution in [0, 0.1) is 0 Å². The predicted octanol–water partition coefficient (Wildman–Crippen LogP) is 2.16. The van der Waals surface area contributed by atoms with E-state index in [1.807, 2.05) is 30.3 Å². The molecular formula is C23H24O9S. The average molecular weight is 477 g/mol. The van der Waals surface area contributed by atoms with Crippen LogP contribution < -0.4 is 0 Å². The maximum Gasteiger partial charge on any atom is 0.303 e. The van der Waals surface area contributed by atoms with Crippen LogP contribution >= 0.6 is 0 Å². The van der Waals surface area contributed by atoms with E-state index in [2.05, 4.69) is 0 Å². The Bertz CT molecular complexity index is 1090. The maximum absolute atomic E-state index is 13.4. The smallest absolute Gasteiger partial charge is 0.303 e. The zero-order valence-electron chi connectivity index (χ0n) is 18.0. The molecule has 10 heteroatoms. The molecule has 2 aromatic carbocycles. The van der Waals surface area contributed by atoms with E-state index in [1.165, 1.54) is 19.1 Å². The normalized spacial score (nSPS) is 29.5. The number of ether oxygens (including phenoxy) is 5. The van der Waals surface area contributed by atoms with Crippen LogP contribution in [0.1, 0.15) is 25.7 Å². The van der Waals surface area contributed by atoms with Gasteiger partial charge < -0.3 is 23.7 Å². The third-order valence-electron chi connectivity index (χ3n) is 5.34. The van der Waals surface area contributed by atoms with Gasteiger partial charge in [0, 0.05) is 19.4 Å². The number of sulfone groups is 1. The Morgan fingerprint density at radius 3 is 2.03 bits per heavy atom. The number of hydrogen-bond acceptors (Lipinski definition) is 9. The zero-order valence-corrected chi connectivity index (χ0v) is 18.8. The summed E-state index contributed by atoms with van der Waals surface area (Å²) < 4.78 is 55.5. The van der Waals surface area contributed by atoms with E-state index in [9.17, 15) is 18.0 Å². The van der Waals surface area contributed by atoms with Gasteiger partial charge >= 0.3 is 11.9 Å². The second-order valence-electron chi connectivity index (χ2n) is 7.73. The van der Waals surface area contributed by atoms with E-state index in [0.29, 0.717) is 0 Å². The Morgan fingerprint density at radius 1 is 0.848 bits per heavy atom. The molecule has 0 amide bonds. The van der Waals surface area contributed by atoms with Crippen molar-refractivity contribution < 1.29 is 41.7 Å². The molecule has 176 valence electrons. The van der Waals surface area contributed by atoms with Gasteiger partial charge in [-0.25, -0.2) is 8.42 Å². The Balaban J connectivity index is 1.72. The van der Waals surface area contributed by atoms with Gasteiger partial charge in [0.2, 0.25) is 15.3 Å². The molecule has 0 aliphatic carbocycles. The fourth-order valence-electron chi connectivity index (χ4n) is 3.96. The fraction of sp³-hybridized carbons (Fsp3) is 0.391. The van der Waals surface area contributed by atoms with Gasteiger partial charge in [0.15, 0.2) is 18.5 Å². The van der Waals surface area contributed by atoms with Crippen LogP contribution in [0.5, 0.6) is 0 Å². The molecule has 2 aromatic rings. The topological polar surface area (TPSA) is 114 Å². The minimum Gasteiger partial charge on any atom is -0.456 e. The van der Waals surface area contributed by atoms with Crippen molar-refractivity contribution in [3.63, 3.8) is 0 Å². The molecule has 0 aromatic heterocycles. The summed E-state index contributed by atoms with van der Waals surface area (Å²) in [6.45, 7) is 2.31. The highest BCUT2D eigenvalue weighted by molar-refractivity contribution is 7.92. The first-order valence-corrected chi connectivity index (χ1v) is 11.9. The van der Waals surface area contributed by atoms with Gasteiger partial charge in [-0.1, -0.05) is 48.5 Å². The third-order valence-corrected chi connectivity index (χ3v) is 7.26. The Kier molecular flexibility index (Phi) is 6.80. The van der Waals surface area contributed by atoms with Crippen LogP contribution in [-0.4, -0.2) is 56.8 Å². The lowest BCUT2D eigenvalue weighted by Gasteiger charge is -2.47. The minimum absolute atomic E-state index is 0.0183. The van der Waals surface area contributed by atoms with Gasteiger partial charge in [0.25, 0.3) is 0 Å². The third kappa shape index (κ3) is 4.93. The molecule has 33 heavy (non-hydrogen) atoms. The van der Waals surface area contributed by atoms with Crippen molar-refractivity contribution in [1.29, 1.82) is 0 Å². The number of benzene rings is 2. The van der Waals surface area contributed by atoms with E-state index in [0.717, 1.165) is 12.5 Å². The van der Waals surface area contributed by atoms with Gasteiger partial charge in [-0.15, -0.1) is 0 Å². The summed E-state index contributed by atoms with van der Waals surface area (Å²) in [5.41, 5.74) is -0.907. The van der Waals surface area contributed by atoms with Gasteiger partial charge in [-0.3, -0.25) is 9.59 Å². The zero-order chi connectivity index (χ0) is 23.6. The fourth-order valence-corrected chi connectivity index (χ4v) is 5.62. The Hall–Kier alpha value is -2.79. The molecular weight excluding hydrogens is 452 g/mol. The molecule has 0 spiro atoms. The van der Waals surface area contributed by atoms with Crippen LogP contribution in [0.4, 0.5) is 0 Å². The molecule has 2 aliphatic heterocycles. The van der Waals surface area contributed by atoms with Crippen molar-refractivity contribution in [1.82, 2.24) is 0 Å². The number of fused-ring (bicyclic) bond motifs is 1. The summed E-state index contributed by atoms with van der Waals surface area (Å²) >= 11 is 0. The Morgan fingerprint density at radius 2 is 1.42 bits per heavy atom. The molecule has 0 N–H and O–H groups in total. The van der Waals surface area contributed by atoms with Crippen molar-refractivity contribution in [2.75, 3.05) is 6.61 Å². The summed E-state index contributed by atoms with van der Waals surface area (Å²) in [7, 11) is -4.14. The maximum atomic E-state index is 13.4. The largest absolute Gasteiger partial charge is 0.456 e. The highest BCUT2D eigenvalue weighted by atomic mass is 32.2. The highest BCUT2D eigenvalue weighted by Gasteiger charge is 2.57. The standard InChI is InChI=1S/C23H24O9S/c1-14(24)29-20-19-18(13-28-22(32-19)16-9-5-3-6-10-16)31-23(21(20)30-15(2)25)33(26,27)17-11-7-4-8-12-17/h3-12,18-23H,13H2,1-2H3/t18-,19+,20+,21-,22+,23+/m1/s1. The second-order valence-corrected chi connectivity index (χ2v) is 9.75. The van der Waals surface area contributed by atoms with Gasteiger partial charge in [0.1, 0.15) is 12.2 Å². The lowest BCUT2D eigenvalue weighted by atomic mass is 9.98. The predicted molar refractivity (Wildman–Crippen MR) is 113 cm³/mol. The Labute approximate surface area is 191 Å². The van der Waals surface area contributed by atoms with E-state index < -0.39 is 57.9 Å². The summed E-state index contributed by atoms with van der Waals surface area (Å²) in [5, 5.41) is 0. The van der Waals surface area contributed by atoms with E-state index in [4.69, 9.17) is 23.7 Å². The van der Waals surface area contributed by atoms with Crippen LogP contribution in [0.25, 0.3) is 0 Å². The molecule has 0 bridgehead atoms. The van der Waals surface area contributed by atoms with Crippen LogP contribution in [-0.2, 0) is 43.1 Å². The van der Waals surface area contributed by atoms with E-state index in [-0.39, 0.29) is 11.5 Å². The molecule has 2 saturated heterocycles. The van der Waals surface area contributed by atoms with Crippen molar-refractivity contribution >= 4 is 21.8 Å². The van der Waals surface area contributed by atoms with Crippen molar-refractivity contribution in [2.24, 2.45) is 0 Å².